The third-order valence-corrected chi connectivity index (χ3v) is 6.45. The van der Waals surface area contributed by atoms with E-state index in [-0.39, 0.29) is 0 Å². The van der Waals surface area contributed by atoms with Crippen LogP contribution in [0.15, 0.2) is 48.5 Å². The van der Waals surface area contributed by atoms with Gasteiger partial charge in [-0.25, -0.2) is 4.79 Å². The number of hydrogen-bond donors (Lipinski definition) is 2. The normalized spacial score (nSPS) is 15.5. The number of carboxylic acid groups (broad SMARTS) is 1. The molecule has 2 N–H and O–H groups in total. The Hall–Kier alpha value is -2.79. The Kier molecular flexibility index (Phi) is 6.92. The number of fused-ring (bicyclic) bond motifs is 1. The number of aromatic carboxylic acids is 1. The summed E-state index contributed by atoms with van der Waals surface area (Å²) in [6.45, 7) is 1.10. The number of rotatable bonds is 7. The van der Waals surface area contributed by atoms with E-state index in [0.717, 1.165) is 27.8 Å². The summed E-state index contributed by atoms with van der Waals surface area (Å²) in [6, 6.07) is 16.3. The van der Waals surface area contributed by atoms with Gasteiger partial charge >= 0.3 is 5.97 Å². The number of hydrogen-bond acceptors (Lipinski definition) is 3. The van der Waals surface area contributed by atoms with E-state index in [0.29, 0.717) is 24.8 Å². The van der Waals surface area contributed by atoms with Gasteiger partial charge < -0.3 is 19.7 Å². The molecule has 1 aromatic heterocycles. The molecule has 164 valence electrons. The van der Waals surface area contributed by atoms with E-state index >= 15 is 0 Å². The first-order chi connectivity index (χ1) is 15.2. The minimum Gasteiger partial charge on any atom is -0.497 e. The van der Waals surface area contributed by atoms with Gasteiger partial charge in [-0.05, 0) is 36.6 Å². The summed E-state index contributed by atoms with van der Waals surface area (Å²) in [5.41, 5.74) is 3.28. The molecule has 0 aliphatic heterocycles. The van der Waals surface area contributed by atoms with Gasteiger partial charge in [0.15, 0.2) is 0 Å². The van der Waals surface area contributed by atoms with Crippen LogP contribution in [0, 0.1) is 0 Å². The first-order valence-corrected chi connectivity index (χ1v) is 11.4. The summed E-state index contributed by atoms with van der Waals surface area (Å²) >= 11 is 0. The first kappa shape index (κ1) is 21.4. The monoisotopic (exact) mass is 420 g/mol. The molecule has 1 fully saturated rings. The van der Waals surface area contributed by atoms with Gasteiger partial charge in [-0.15, -0.1) is 0 Å². The summed E-state index contributed by atoms with van der Waals surface area (Å²) in [6.07, 6.45) is 8.80. The van der Waals surface area contributed by atoms with E-state index in [9.17, 15) is 9.90 Å². The minimum atomic E-state index is -0.876. The highest BCUT2D eigenvalue weighted by Gasteiger charge is 2.23. The van der Waals surface area contributed by atoms with Crippen molar-refractivity contribution in [3.8, 4) is 5.75 Å². The van der Waals surface area contributed by atoms with Crippen molar-refractivity contribution < 1.29 is 14.6 Å². The van der Waals surface area contributed by atoms with Crippen LogP contribution in [-0.4, -0.2) is 28.8 Å². The van der Waals surface area contributed by atoms with Crippen molar-refractivity contribution in [1.82, 2.24) is 9.88 Å². The van der Waals surface area contributed by atoms with Crippen LogP contribution in [0.5, 0.6) is 5.75 Å². The number of nitrogens with one attached hydrogen (secondary N) is 1. The summed E-state index contributed by atoms with van der Waals surface area (Å²) in [7, 11) is 1.65. The van der Waals surface area contributed by atoms with Crippen molar-refractivity contribution in [3.05, 3.63) is 65.4 Å². The summed E-state index contributed by atoms with van der Waals surface area (Å²) in [5, 5.41) is 14.9. The lowest BCUT2D eigenvalue weighted by Crippen LogP contribution is -2.30. The molecule has 1 aliphatic rings. The lowest BCUT2D eigenvalue weighted by atomic mass is 9.96. The maximum Gasteiger partial charge on any atom is 0.352 e. The van der Waals surface area contributed by atoms with Gasteiger partial charge in [-0.1, -0.05) is 62.4 Å². The van der Waals surface area contributed by atoms with Crippen molar-refractivity contribution in [2.75, 3.05) is 7.11 Å². The second-order valence-electron chi connectivity index (χ2n) is 8.51. The van der Waals surface area contributed by atoms with Gasteiger partial charge in [-0.3, -0.25) is 0 Å². The fourth-order valence-corrected chi connectivity index (χ4v) is 4.78. The number of ether oxygens (including phenoxy) is 1. The molecule has 4 rings (SSSR count). The summed E-state index contributed by atoms with van der Waals surface area (Å²) < 4.78 is 7.19. The van der Waals surface area contributed by atoms with Gasteiger partial charge in [0.2, 0.25) is 0 Å². The number of carbonyl (C=O) groups is 1. The van der Waals surface area contributed by atoms with Crippen LogP contribution in [0.3, 0.4) is 0 Å². The Morgan fingerprint density at radius 2 is 1.71 bits per heavy atom. The quantitative estimate of drug-likeness (QED) is 0.522. The maximum absolute atomic E-state index is 12.4. The van der Waals surface area contributed by atoms with Crippen LogP contribution in [0.1, 0.15) is 66.6 Å². The molecular weight excluding hydrogens is 388 g/mol. The van der Waals surface area contributed by atoms with Crippen molar-refractivity contribution in [1.29, 1.82) is 0 Å². The Labute approximate surface area is 184 Å². The Balaban J connectivity index is 1.66. The van der Waals surface area contributed by atoms with E-state index in [1.807, 2.05) is 53.1 Å². The van der Waals surface area contributed by atoms with E-state index < -0.39 is 5.97 Å². The molecule has 2 aromatic carbocycles. The first-order valence-electron chi connectivity index (χ1n) is 11.4. The number of aromatic nitrogens is 1. The summed E-state index contributed by atoms with van der Waals surface area (Å²) in [5.74, 6) is -0.0807. The predicted molar refractivity (Wildman–Crippen MR) is 124 cm³/mol. The van der Waals surface area contributed by atoms with Crippen LogP contribution < -0.4 is 10.1 Å². The third kappa shape index (κ3) is 4.93. The van der Waals surface area contributed by atoms with E-state index in [1.54, 1.807) is 7.11 Å². The van der Waals surface area contributed by atoms with Crippen LogP contribution in [0.25, 0.3) is 10.9 Å². The Morgan fingerprint density at radius 3 is 2.39 bits per heavy atom. The van der Waals surface area contributed by atoms with E-state index in [4.69, 9.17) is 4.74 Å². The van der Waals surface area contributed by atoms with Gasteiger partial charge in [0.25, 0.3) is 0 Å². The highest BCUT2D eigenvalue weighted by atomic mass is 16.5. The van der Waals surface area contributed by atoms with Crippen molar-refractivity contribution in [2.45, 2.75) is 64.1 Å². The topological polar surface area (TPSA) is 63.5 Å². The molecule has 31 heavy (non-hydrogen) atoms. The number of methoxy groups -OCH3 is 1. The number of para-hydroxylation sites is 1. The SMILES string of the molecule is COc1ccc(Cn2c(C(=O)O)c(CNC3CCCCCCC3)c3ccccc32)cc1. The predicted octanol–water partition coefficient (Wildman–Crippen LogP) is 5.60. The molecular formula is C26H32N2O3. The highest BCUT2D eigenvalue weighted by molar-refractivity contribution is 5.98. The summed E-state index contributed by atoms with van der Waals surface area (Å²) in [4.78, 5) is 12.4. The molecule has 3 aromatic rings. The molecule has 0 saturated heterocycles. The number of carboxylic acids is 1. The minimum absolute atomic E-state index is 0.385. The molecule has 1 aliphatic carbocycles. The fraction of sp³-hybridized carbons (Fsp3) is 0.423. The second kappa shape index (κ2) is 10.0. The smallest absolute Gasteiger partial charge is 0.352 e. The number of nitrogens with zero attached hydrogens (tertiary/aromatic N) is 1. The highest BCUT2D eigenvalue weighted by Crippen LogP contribution is 2.28. The van der Waals surface area contributed by atoms with Gasteiger partial charge in [0, 0.05) is 35.6 Å². The van der Waals surface area contributed by atoms with Crippen molar-refractivity contribution in [2.24, 2.45) is 0 Å². The molecule has 0 amide bonds. The standard InChI is InChI=1S/C26H32N2O3/c1-31-21-15-13-19(14-16-21)18-28-24-12-8-7-11-22(24)23(25(28)26(29)30)17-27-20-9-5-3-2-4-6-10-20/h7-8,11-16,20,27H,2-6,9-10,17-18H2,1H3,(H,29,30). The molecule has 0 bridgehead atoms. The van der Waals surface area contributed by atoms with Crippen LogP contribution in [0.2, 0.25) is 0 Å². The largest absolute Gasteiger partial charge is 0.497 e. The van der Waals surface area contributed by atoms with Crippen molar-refractivity contribution >= 4 is 16.9 Å². The zero-order chi connectivity index (χ0) is 21.6. The van der Waals surface area contributed by atoms with Crippen LogP contribution in [-0.2, 0) is 13.1 Å². The lowest BCUT2D eigenvalue weighted by Gasteiger charge is -2.21. The molecule has 5 heteroatoms. The zero-order valence-electron chi connectivity index (χ0n) is 18.3. The molecule has 0 atom stereocenters. The maximum atomic E-state index is 12.4. The molecule has 0 spiro atoms. The molecule has 1 saturated carbocycles. The third-order valence-electron chi connectivity index (χ3n) is 6.45. The van der Waals surface area contributed by atoms with Gasteiger partial charge in [0.1, 0.15) is 11.4 Å². The van der Waals surface area contributed by atoms with Gasteiger partial charge in [-0.2, -0.15) is 0 Å². The van der Waals surface area contributed by atoms with E-state index in [2.05, 4.69) is 5.32 Å². The Morgan fingerprint density at radius 1 is 1.03 bits per heavy atom. The van der Waals surface area contributed by atoms with E-state index in [1.165, 1.54) is 44.9 Å². The van der Waals surface area contributed by atoms with Crippen LogP contribution in [0.4, 0.5) is 0 Å². The number of benzene rings is 2. The van der Waals surface area contributed by atoms with Crippen LogP contribution >= 0.6 is 0 Å². The average Bonchev–Trinajstić information content (AvgIpc) is 3.07. The molecule has 1 heterocycles. The zero-order valence-corrected chi connectivity index (χ0v) is 18.3. The second-order valence-corrected chi connectivity index (χ2v) is 8.51. The van der Waals surface area contributed by atoms with Gasteiger partial charge in [0.05, 0.1) is 7.11 Å². The van der Waals surface area contributed by atoms with Crippen molar-refractivity contribution in [3.63, 3.8) is 0 Å². The molecule has 0 unspecified atom stereocenters. The fourth-order valence-electron chi connectivity index (χ4n) is 4.78. The lowest BCUT2D eigenvalue weighted by molar-refractivity contribution is 0.0684. The molecule has 5 nitrogen and oxygen atoms in total. The Bertz CT molecular complexity index is 1020. The molecule has 0 radical (unpaired) electrons. The average molecular weight is 421 g/mol.